The molecule has 0 aromatic carbocycles. The number of hydrogen-bond donors (Lipinski definition) is 1. The van der Waals surface area contributed by atoms with Crippen molar-refractivity contribution < 1.29 is 14.3 Å². The van der Waals surface area contributed by atoms with Crippen LogP contribution in [0.4, 0.5) is 0 Å². The third-order valence-corrected chi connectivity index (χ3v) is 4.20. The number of esters is 1. The van der Waals surface area contributed by atoms with Crippen molar-refractivity contribution in [2.24, 2.45) is 0 Å². The molecule has 0 rings (SSSR count). The summed E-state index contributed by atoms with van der Waals surface area (Å²) in [6.07, 6.45) is 0.132. The highest BCUT2D eigenvalue weighted by atomic mass is 79.9. The molecule has 0 aliphatic rings. The number of carbonyl (C=O) groups excluding carboxylic acids is 2. The molecule has 2 atom stereocenters. The summed E-state index contributed by atoms with van der Waals surface area (Å²) in [6.45, 7) is 3.05. The SMILES string of the molecule is CCOC(=O)C(C#N)(CC(Br)CBr)NC(C)=O. The third-order valence-electron chi connectivity index (χ3n) is 1.90. The van der Waals surface area contributed by atoms with Crippen molar-refractivity contribution in [1.82, 2.24) is 5.32 Å². The number of halogens is 2. The normalized spacial score (nSPS) is 15.2. The standard InChI is InChI=1S/C10H14Br2N2O3/c1-3-17-9(16)10(6-13,14-7(2)15)4-8(12)5-11/h8H,3-5H2,1-2H3,(H,14,15). The van der Waals surface area contributed by atoms with Crippen LogP contribution in [-0.2, 0) is 14.3 Å². The monoisotopic (exact) mass is 368 g/mol. The fourth-order valence-electron chi connectivity index (χ4n) is 1.25. The number of amides is 1. The van der Waals surface area contributed by atoms with Crippen LogP contribution in [0.2, 0.25) is 0 Å². The highest BCUT2D eigenvalue weighted by Crippen LogP contribution is 2.21. The van der Waals surface area contributed by atoms with Gasteiger partial charge >= 0.3 is 5.97 Å². The van der Waals surface area contributed by atoms with Gasteiger partial charge in [-0.3, -0.25) is 4.79 Å². The molecule has 96 valence electrons. The molecule has 17 heavy (non-hydrogen) atoms. The van der Waals surface area contributed by atoms with Crippen LogP contribution in [0.5, 0.6) is 0 Å². The number of hydrogen-bond acceptors (Lipinski definition) is 4. The lowest BCUT2D eigenvalue weighted by Crippen LogP contribution is -2.55. The van der Waals surface area contributed by atoms with Gasteiger partial charge in [0.1, 0.15) is 6.07 Å². The molecule has 0 heterocycles. The van der Waals surface area contributed by atoms with Crippen molar-refractivity contribution in [3.8, 4) is 6.07 Å². The van der Waals surface area contributed by atoms with E-state index in [0.29, 0.717) is 5.33 Å². The Labute approximate surface area is 117 Å². The minimum Gasteiger partial charge on any atom is -0.463 e. The van der Waals surface area contributed by atoms with Gasteiger partial charge in [0.15, 0.2) is 0 Å². The summed E-state index contributed by atoms with van der Waals surface area (Å²) in [6, 6.07) is 1.84. The van der Waals surface area contributed by atoms with Crippen LogP contribution in [-0.4, -0.2) is 34.2 Å². The molecule has 0 aliphatic heterocycles. The topological polar surface area (TPSA) is 79.2 Å². The molecule has 1 amide bonds. The van der Waals surface area contributed by atoms with Crippen LogP contribution >= 0.6 is 31.9 Å². The molecule has 0 aromatic heterocycles. The second-order valence-corrected chi connectivity index (χ2v) is 5.32. The molecule has 0 bridgehead atoms. The Balaban J connectivity index is 5.08. The van der Waals surface area contributed by atoms with E-state index >= 15 is 0 Å². The van der Waals surface area contributed by atoms with E-state index in [0.717, 1.165) is 0 Å². The van der Waals surface area contributed by atoms with Gasteiger partial charge < -0.3 is 10.1 Å². The van der Waals surface area contributed by atoms with E-state index in [1.165, 1.54) is 6.92 Å². The van der Waals surface area contributed by atoms with Crippen molar-refractivity contribution in [3.63, 3.8) is 0 Å². The van der Waals surface area contributed by atoms with Crippen LogP contribution in [0.3, 0.4) is 0 Å². The first-order valence-electron chi connectivity index (χ1n) is 4.99. The van der Waals surface area contributed by atoms with Gasteiger partial charge in [-0.2, -0.15) is 5.26 Å². The lowest BCUT2D eigenvalue weighted by Gasteiger charge is -2.26. The van der Waals surface area contributed by atoms with Crippen LogP contribution < -0.4 is 5.32 Å². The van der Waals surface area contributed by atoms with Gasteiger partial charge in [-0.1, -0.05) is 31.9 Å². The molecular weight excluding hydrogens is 356 g/mol. The zero-order chi connectivity index (χ0) is 13.5. The molecule has 0 saturated carbocycles. The van der Waals surface area contributed by atoms with Crippen molar-refractivity contribution in [1.29, 1.82) is 5.26 Å². The molecule has 0 radical (unpaired) electrons. The summed E-state index contributed by atoms with van der Waals surface area (Å²) in [5.74, 6) is -1.18. The number of nitrogens with one attached hydrogen (secondary N) is 1. The van der Waals surface area contributed by atoms with E-state index in [1.807, 2.05) is 6.07 Å². The molecule has 0 aliphatic carbocycles. The third kappa shape index (κ3) is 5.04. The molecule has 5 nitrogen and oxygen atoms in total. The average molecular weight is 370 g/mol. The van der Waals surface area contributed by atoms with E-state index in [9.17, 15) is 9.59 Å². The largest absolute Gasteiger partial charge is 0.463 e. The van der Waals surface area contributed by atoms with Crippen LogP contribution in [0, 0.1) is 11.3 Å². The number of nitrogens with zero attached hydrogens (tertiary/aromatic N) is 1. The Kier molecular flexibility index (Phi) is 7.39. The van der Waals surface area contributed by atoms with Crippen LogP contribution in [0.15, 0.2) is 0 Å². The van der Waals surface area contributed by atoms with Crippen molar-refractivity contribution in [3.05, 3.63) is 0 Å². The van der Waals surface area contributed by atoms with Crippen LogP contribution in [0.25, 0.3) is 0 Å². The van der Waals surface area contributed by atoms with E-state index in [4.69, 9.17) is 10.00 Å². The predicted molar refractivity (Wildman–Crippen MR) is 69.9 cm³/mol. The Hall–Kier alpha value is -0.610. The summed E-state index contributed by atoms with van der Waals surface area (Å²) in [5, 5.41) is 12.1. The predicted octanol–water partition coefficient (Wildman–Crippen LogP) is 1.50. The second kappa shape index (κ2) is 7.67. The fourth-order valence-corrected chi connectivity index (χ4v) is 1.96. The molecule has 0 aromatic rings. The lowest BCUT2D eigenvalue weighted by molar-refractivity contribution is -0.150. The summed E-state index contributed by atoms with van der Waals surface area (Å²) in [5.41, 5.74) is -1.64. The number of ether oxygens (including phenoxy) is 1. The van der Waals surface area contributed by atoms with E-state index < -0.39 is 17.4 Å². The zero-order valence-corrected chi connectivity index (χ0v) is 12.8. The molecule has 0 spiro atoms. The summed E-state index contributed by atoms with van der Waals surface area (Å²) >= 11 is 6.54. The van der Waals surface area contributed by atoms with Gasteiger partial charge in [-0.05, 0) is 6.92 Å². The first kappa shape index (κ1) is 16.4. The quantitative estimate of drug-likeness (QED) is 0.568. The first-order valence-corrected chi connectivity index (χ1v) is 7.02. The smallest absolute Gasteiger partial charge is 0.346 e. The average Bonchev–Trinajstić information content (AvgIpc) is 2.27. The minimum absolute atomic E-state index is 0.126. The summed E-state index contributed by atoms with van der Waals surface area (Å²) < 4.78 is 4.83. The fraction of sp³-hybridized carbons (Fsp3) is 0.700. The van der Waals surface area contributed by atoms with E-state index in [2.05, 4.69) is 37.2 Å². The molecule has 0 fully saturated rings. The van der Waals surface area contributed by atoms with Gasteiger partial charge in [-0.25, -0.2) is 4.79 Å². The highest BCUT2D eigenvalue weighted by molar-refractivity contribution is 9.12. The van der Waals surface area contributed by atoms with Gasteiger partial charge in [0.2, 0.25) is 11.4 Å². The highest BCUT2D eigenvalue weighted by Gasteiger charge is 2.42. The number of rotatable bonds is 6. The van der Waals surface area contributed by atoms with Crippen molar-refractivity contribution in [2.45, 2.75) is 30.6 Å². The minimum atomic E-state index is -1.64. The first-order chi connectivity index (χ1) is 7.91. The molecule has 7 heteroatoms. The van der Waals surface area contributed by atoms with Gasteiger partial charge in [0.25, 0.3) is 0 Å². The lowest BCUT2D eigenvalue weighted by atomic mass is 9.95. The van der Waals surface area contributed by atoms with Crippen molar-refractivity contribution in [2.75, 3.05) is 11.9 Å². The molecule has 2 unspecified atom stereocenters. The van der Waals surface area contributed by atoms with Gasteiger partial charge in [0, 0.05) is 23.5 Å². The maximum absolute atomic E-state index is 11.8. The van der Waals surface area contributed by atoms with E-state index in [-0.39, 0.29) is 17.9 Å². The number of carbonyl (C=O) groups is 2. The summed E-state index contributed by atoms with van der Waals surface area (Å²) in [4.78, 5) is 22.8. The Bertz CT molecular complexity index is 330. The van der Waals surface area contributed by atoms with Gasteiger partial charge in [-0.15, -0.1) is 0 Å². The Morgan fingerprint density at radius 2 is 2.18 bits per heavy atom. The van der Waals surface area contributed by atoms with Gasteiger partial charge in [0.05, 0.1) is 6.61 Å². The number of nitriles is 1. The second-order valence-electron chi connectivity index (χ2n) is 3.37. The van der Waals surface area contributed by atoms with E-state index in [1.54, 1.807) is 6.92 Å². The summed E-state index contributed by atoms with van der Waals surface area (Å²) in [7, 11) is 0. The van der Waals surface area contributed by atoms with Crippen molar-refractivity contribution >= 4 is 43.7 Å². The maximum atomic E-state index is 11.8. The maximum Gasteiger partial charge on any atom is 0.346 e. The Morgan fingerprint density at radius 1 is 1.59 bits per heavy atom. The Morgan fingerprint density at radius 3 is 2.53 bits per heavy atom. The molecular formula is C10H14Br2N2O3. The molecule has 1 N–H and O–H groups in total. The zero-order valence-electron chi connectivity index (χ0n) is 9.63. The van der Waals surface area contributed by atoms with Crippen LogP contribution in [0.1, 0.15) is 20.3 Å². The number of alkyl halides is 2. The molecule has 0 saturated heterocycles.